The summed E-state index contributed by atoms with van der Waals surface area (Å²) in [5, 5.41) is 10.7. The lowest BCUT2D eigenvalue weighted by molar-refractivity contribution is -0.161. The van der Waals surface area contributed by atoms with E-state index in [1.54, 1.807) is 0 Å². The van der Waals surface area contributed by atoms with Crippen LogP contribution in [0.5, 0.6) is 0 Å². The molecule has 2 unspecified atom stereocenters. The van der Waals surface area contributed by atoms with Crippen molar-refractivity contribution in [2.24, 2.45) is 17.8 Å². The van der Waals surface area contributed by atoms with Crippen LogP contribution in [0, 0.1) is 17.8 Å². The topological polar surface area (TPSA) is 237 Å². The maximum absolute atomic E-state index is 13.2. The van der Waals surface area contributed by atoms with E-state index in [2.05, 4.69) is 48.5 Å². The summed E-state index contributed by atoms with van der Waals surface area (Å²) in [5.41, 5.74) is 0. The molecule has 0 saturated carbocycles. The molecule has 0 aliphatic heterocycles. The van der Waals surface area contributed by atoms with Gasteiger partial charge in [0.15, 0.2) is 12.2 Å². The molecule has 5 atom stereocenters. The van der Waals surface area contributed by atoms with Crippen molar-refractivity contribution in [2.75, 3.05) is 39.6 Å². The number of carbonyl (C=O) groups excluding carboxylic acids is 4. The fourth-order valence-corrected chi connectivity index (χ4v) is 14.9. The molecule has 0 fully saturated rings. The Hall–Kier alpha value is -1.94. The first-order valence-electron chi connectivity index (χ1n) is 44.3. The van der Waals surface area contributed by atoms with E-state index in [0.29, 0.717) is 25.7 Å². The second-order valence-electron chi connectivity index (χ2n) is 32.4. The molecule has 19 heteroatoms. The molecule has 0 heterocycles. The van der Waals surface area contributed by atoms with Crippen LogP contribution in [0.4, 0.5) is 0 Å². The maximum atomic E-state index is 13.2. The SMILES string of the molecule is CCCCCCCCCCCCCCCCCCCCCCCC(=O)O[C@H](COC(=O)CCCCCCCCCCCCCCCCCCC(C)C)COP(=O)(O)OC[C@@H](O)COP(=O)(O)OC[C@@H](COC(=O)CCCCCCCCCCCC(C)C)OC(=O)CCCCCCCCCCCCC(C)C. The lowest BCUT2D eigenvalue weighted by Crippen LogP contribution is -2.30. The summed E-state index contributed by atoms with van der Waals surface area (Å²) in [6, 6.07) is 0. The molecule has 0 bridgehead atoms. The largest absolute Gasteiger partial charge is 0.472 e. The highest BCUT2D eigenvalue weighted by atomic mass is 31.2. The average Bonchev–Trinajstić information content (AvgIpc) is 0.919. The van der Waals surface area contributed by atoms with E-state index in [1.165, 1.54) is 263 Å². The molecular formula is C86H168O17P2. The molecular weight excluding hydrogens is 1370 g/mol. The van der Waals surface area contributed by atoms with Gasteiger partial charge in [0.1, 0.15) is 19.3 Å². The smallest absolute Gasteiger partial charge is 0.462 e. The zero-order valence-electron chi connectivity index (χ0n) is 69.2. The van der Waals surface area contributed by atoms with Crippen molar-refractivity contribution >= 4 is 39.5 Å². The molecule has 105 heavy (non-hydrogen) atoms. The van der Waals surface area contributed by atoms with Crippen LogP contribution in [-0.4, -0.2) is 96.7 Å². The third-order valence-electron chi connectivity index (χ3n) is 20.1. The normalized spacial score (nSPS) is 13.9. The standard InChI is InChI=1S/C86H168O17P2/c1-8-9-10-11-12-13-14-15-16-17-18-19-20-21-26-29-32-40-48-55-62-69-85(90)102-81(73-96-83(88)67-60-53-46-39-31-28-25-23-22-24-27-30-36-43-50-57-64-77(2)3)75-100-104(92,93)98-71-80(87)72-99-105(94,95)101-76-82(74-97-84(89)68-61-54-47-42-35-38-45-52-59-66-79(6)7)103-86(91)70-63-56-49-41-34-33-37-44-51-58-65-78(4)5/h77-82,87H,8-76H2,1-7H3,(H,92,93)(H,94,95)/t80-,81-,82-/m1/s1. The van der Waals surface area contributed by atoms with Gasteiger partial charge in [0.05, 0.1) is 26.4 Å². The van der Waals surface area contributed by atoms with Gasteiger partial charge in [0.25, 0.3) is 0 Å². The first kappa shape index (κ1) is 103. The number of esters is 4. The molecule has 3 N–H and O–H groups in total. The van der Waals surface area contributed by atoms with Crippen LogP contribution in [0.15, 0.2) is 0 Å². The maximum Gasteiger partial charge on any atom is 0.472 e. The summed E-state index contributed by atoms with van der Waals surface area (Å²) in [6.07, 6.45) is 66.8. The number of rotatable bonds is 84. The Bertz CT molecular complexity index is 2030. The van der Waals surface area contributed by atoms with Gasteiger partial charge in [-0.2, -0.15) is 0 Å². The van der Waals surface area contributed by atoms with Gasteiger partial charge in [0.2, 0.25) is 0 Å². The number of hydrogen-bond acceptors (Lipinski definition) is 15. The number of aliphatic hydroxyl groups excluding tert-OH is 1. The zero-order chi connectivity index (χ0) is 77.2. The van der Waals surface area contributed by atoms with Gasteiger partial charge in [-0.25, -0.2) is 9.13 Å². The van der Waals surface area contributed by atoms with Gasteiger partial charge in [-0.3, -0.25) is 37.3 Å². The van der Waals surface area contributed by atoms with E-state index in [1.807, 2.05) is 0 Å². The molecule has 0 rings (SSSR count). The third-order valence-corrected chi connectivity index (χ3v) is 22.0. The van der Waals surface area contributed by atoms with Crippen molar-refractivity contribution in [1.29, 1.82) is 0 Å². The summed E-state index contributed by atoms with van der Waals surface area (Å²) in [7, 11) is -9.93. The number of ether oxygens (including phenoxy) is 4. The molecule has 17 nitrogen and oxygen atoms in total. The Morgan fingerprint density at radius 3 is 0.648 bits per heavy atom. The predicted octanol–water partition coefficient (Wildman–Crippen LogP) is 26.1. The predicted molar refractivity (Wildman–Crippen MR) is 432 cm³/mol. The minimum absolute atomic E-state index is 0.106. The monoisotopic (exact) mass is 1540 g/mol. The number of unbranched alkanes of at least 4 members (excludes halogenated alkanes) is 52. The Morgan fingerprint density at radius 2 is 0.438 bits per heavy atom. The number of phosphoric acid groups is 2. The van der Waals surface area contributed by atoms with Crippen LogP contribution >= 0.6 is 15.6 Å². The van der Waals surface area contributed by atoms with Crippen molar-refractivity contribution < 1.29 is 80.2 Å². The van der Waals surface area contributed by atoms with Crippen LogP contribution in [0.2, 0.25) is 0 Å². The zero-order valence-corrected chi connectivity index (χ0v) is 71.0. The number of hydrogen-bond donors (Lipinski definition) is 3. The van der Waals surface area contributed by atoms with Gasteiger partial charge in [-0.1, -0.05) is 402 Å². The molecule has 0 saturated heterocycles. The van der Waals surface area contributed by atoms with E-state index in [0.717, 1.165) is 108 Å². The lowest BCUT2D eigenvalue weighted by Gasteiger charge is -2.21. The van der Waals surface area contributed by atoms with E-state index in [4.69, 9.17) is 37.0 Å². The van der Waals surface area contributed by atoms with E-state index < -0.39 is 97.5 Å². The summed E-state index contributed by atoms with van der Waals surface area (Å²) in [4.78, 5) is 73.2. The van der Waals surface area contributed by atoms with Crippen LogP contribution < -0.4 is 0 Å². The lowest BCUT2D eigenvalue weighted by atomic mass is 10.0. The fraction of sp³-hybridized carbons (Fsp3) is 0.953. The highest BCUT2D eigenvalue weighted by Gasteiger charge is 2.30. The van der Waals surface area contributed by atoms with Crippen molar-refractivity contribution in [3.8, 4) is 0 Å². The Morgan fingerprint density at radius 1 is 0.257 bits per heavy atom. The third kappa shape index (κ3) is 79.9. The Balaban J connectivity index is 5.24. The van der Waals surface area contributed by atoms with E-state index in [9.17, 15) is 43.2 Å². The summed E-state index contributed by atoms with van der Waals surface area (Å²) < 4.78 is 68.9. The van der Waals surface area contributed by atoms with E-state index >= 15 is 0 Å². The van der Waals surface area contributed by atoms with Gasteiger partial charge in [-0.15, -0.1) is 0 Å². The molecule has 0 aliphatic carbocycles. The van der Waals surface area contributed by atoms with Crippen LogP contribution in [0.1, 0.15) is 453 Å². The minimum Gasteiger partial charge on any atom is -0.462 e. The number of aliphatic hydroxyl groups is 1. The molecule has 0 aliphatic rings. The van der Waals surface area contributed by atoms with Gasteiger partial charge < -0.3 is 33.8 Å². The first-order chi connectivity index (χ1) is 50.7. The Labute approximate surface area is 645 Å². The van der Waals surface area contributed by atoms with Gasteiger partial charge >= 0.3 is 39.5 Å². The van der Waals surface area contributed by atoms with Gasteiger partial charge in [-0.05, 0) is 43.4 Å². The quantitative estimate of drug-likeness (QED) is 0.0222. The second kappa shape index (κ2) is 76.1. The number of phosphoric ester groups is 2. The van der Waals surface area contributed by atoms with Crippen LogP contribution in [0.25, 0.3) is 0 Å². The Kier molecular flexibility index (Phi) is 74.7. The molecule has 0 aromatic heterocycles. The van der Waals surface area contributed by atoms with E-state index in [-0.39, 0.29) is 25.7 Å². The first-order valence-corrected chi connectivity index (χ1v) is 47.3. The highest BCUT2D eigenvalue weighted by Crippen LogP contribution is 2.45. The summed E-state index contributed by atoms with van der Waals surface area (Å²) in [5.74, 6) is 0.202. The molecule has 0 spiro atoms. The average molecular weight is 1540 g/mol. The minimum atomic E-state index is -4.97. The van der Waals surface area contributed by atoms with Crippen molar-refractivity contribution in [1.82, 2.24) is 0 Å². The molecule has 0 aromatic rings. The van der Waals surface area contributed by atoms with Crippen LogP contribution in [0.3, 0.4) is 0 Å². The summed E-state index contributed by atoms with van der Waals surface area (Å²) >= 11 is 0. The van der Waals surface area contributed by atoms with Gasteiger partial charge in [0, 0.05) is 25.7 Å². The molecule has 624 valence electrons. The summed E-state index contributed by atoms with van der Waals surface area (Å²) in [6.45, 7) is 12.0. The van der Waals surface area contributed by atoms with Crippen molar-refractivity contribution in [3.05, 3.63) is 0 Å². The van der Waals surface area contributed by atoms with Crippen molar-refractivity contribution in [2.45, 2.75) is 471 Å². The van der Waals surface area contributed by atoms with Crippen LogP contribution in [-0.2, 0) is 65.4 Å². The highest BCUT2D eigenvalue weighted by molar-refractivity contribution is 7.47. The molecule has 0 amide bonds. The molecule has 0 radical (unpaired) electrons. The number of carbonyl (C=O) groups is 4. The second-order valence-corrected chi connectivity index (χ2v) is 35.3. The van der Waals surface area contributed by atoms with Crippen molar-refractivity contribution in [3.63, 3.8) is 0 Å². The molecule has 0 aromatic carbocycles. The fourth-order valence-electron chi connectivity index (χ4n) is 13.4.